The Bertz CT molecular complexity index is 857. The summed E-state index contributed by atoms with van der Waals surface area (Å²) in [5.74, 6) is 2.30. The molecular formula is C21H24N4O2. The zero-order chi connectivity index (χ0) is 18.9. The molecule has 0 aliphatic carbocycles. The van der Waals surface area contributed by atoms with Gasteiger partial charge in [0.2, 0.25) is 0 Å². The van der Waals surface area contributed by atoms with E-state index in [1.807, 2.05) is 60.7 Å². The Morgan fingerprint density at radius 1 is 1.07 bits per heavy atom. The van der Waals surface area contributed by atoms with Crippen LogP contribution in [0.2, 0.25) is 0 Å². The third-order valence-corrected chi connectivity index (χ3v) is 3.96. The van der Waals surface area contributed by atoms with Crippen molar-refractivity contribution in [2.75, 3.05) is 20.2 Å². The van der Waals surface area contributed by atoms with E-state index in [4.69, 9.17) is 9.26 Å². The molecule has 0 aliphatic rings. The number of aromatic nitrogens is 1. The molecule has 0 unspecified atom stereocenters. The van der Waals surface area contributed by atoms with Gasteiger partial charge in [0.15, 0.2) is 11.7 Å². The fourth-order valence-corrected chi connectivity index (χ4v) is 2.50. The normalized spacial score (nSPS) is 11.3. The summed E-state index contributed by atoms with van der Waals surface area (Å²) in [7, 11) is 1.73. The van der Waals surface area contributed by atoms with E-state index in [0.29, 0.717) is 25.7 Å². The molecule has 0 aliphatic heterocycles. The summed E-state index contributed by atoms with van der Waals surface area (Å²) in [5, 5.41) is 10.5. The molecule has 0 amide bonds. The van der Waals surface area contributed by atoms with Crippen LogP contribution in [-0.4, -0.2) is 31.3 Å². The first-order valence-electron chi connectivity index (χ1n) is 8.89. The van der Waals surface area contributed by atoms with Crippen LogP contribution >= 0.6 is 0 Å². The number of benzene rings is 2. The van der Waals surface area contributed by atoms with Gasteiger partial charge in [0.1, 0.15) is 18.1 Å². The Morgan fingerprint density at radius 3 is 2.59 bits per heavy atom. The highest BCUT2D eigenvalue weighted by molar-refractivity contribution is 5.79. The maximum atomic E-state index is 5.70. The quantitative estimate of drug-likeness (QED) is 0.382. The highest BCUT2D eigenvalue weighted by Crippen LogP contribution is 2.19. The maximum absolute atomic E-state index is 5.70. The lowest BCUT2D eigenvalue weighted by Crippen LogP contribution is -2.38. The number of aryl methyl sites for hydroxylation is 1. The monoisotopic (exact) mass is 364 g/mol. The van der Waals surface area contributed by atoms with Gasteiger partial charge >= 0.3 is 0 Å². The van der Waals surface area contributed by atoms with Gasteiger partial charge in [0, 0.05) is 18.7 Å². The highest BCUT2D eigenvalue weighted by Gasteiger charge is 2.07. The SMILES string of the molecule is CN=C(NCCOc1ccc(C)cc1)NCc1cc(-c2ccccc2)on1. The molecule has 3 aromatic rings. The molecule has 0 bridgehead atoms. The second-order valence-electron chi connectivity index (χ2n) is 6.06. The summed E-state index contributed by atoms with van der Waals surface area (Å²) >= 11 is 0. The van der Waals surface area contributed by atoms with Crippen LogP contribution in [0.25, 0.3) is 11.3 Å². The summed E-state index contributed by atoms with van der Waals surface area (Å²) in [5.41, 5.74) is 3.04. The average molecular weight is 364 g/mol. The van der Waals surface area contributed by atoms with E-state index in [9.17, 15) is 0 Å². The number of hydrogen-bond donors (Lipinski definition) is 2. The van der Waals surface area contributed by atoms with Gasteiger partial charge in [0.05, 0.1) is 13.1 Å². The topological polar surface area (TPSA) is 71.7 Å². The molecule has 27 heavy (non-hydrogen) atoms. The van der Waals surface area contributed by atoms with Crippen molar-refractivity contribution >= 4 is 5.96 Å². The first-order valence-corrected chi connectivity index (χ1v) is 8.89. The Kier molecular flexibility index (Phi) is 6.46. The lowest BCUT2D eigenvalue weighted by molar-refractivity contribution is 0.322. The predicted molar refractivity (Wildman–Crippen MR) is 107 cm³/mol. The molecule has 1 aromatic heterocycles. The first-order chi connectivity index (χ1) is 13.2. The minimum absolute atomic E-state index is 0.523. The molecule has 1 heterocycles. The van der Waals surface area contributed by atoms with Gasteiger partial charge in [-0.1, -0.05) is 53.2 Å². The van der Waals surface area contributed by atoms with Gasteiger partial charge in [-0.15, -0.1) is 0 Å². The van der Waals surface area contributed by atoms with Crippen molar-refractivity contribution in [3.63, 3.8) is 0 Å². The average Bonchev–Trinajstić information content (AvgIpc) is 3.18. The number of guanidine groups is 1. The van der Waals surface area contributed by atoms with Crippen molar-refractivity contribution in [1.82, 2.24) is 15.8 Å². The smallest absolute Gasteiger partial charge is 0.191 e. The van der Waals surface area contributed by atoms with Gasteiger partial charge in [-0.05, 0) is 19.1 Å². The van der Waals surface area contributed by atoms with Crippen LogP contribution in [0.15, 0.2) is 70.2 Å². The van der Waals surface area contributed by atoms with Crippen LogP contribution in [0.3, 0.4) is 0 Å². The van der Waals surface area contributed by atoms with E-state index in [1.54, 1.807) is 7.05 Å². The Labute approximate surface area is 159 Å². The largest absolute Gasteiger partial charge is 0.492 e. The molecule has 0 atom stereocenters. The number of nitrogens with zero attached hydrogens (tertiary/aromatic N) is 2. The van der Waals surface area contributed by atoms with Crippen molar-refractivity contribution in [1.29, 1.82) is 0 Å². The molecule has 2 N–H and O–H groups in total. The summed E-state index contributed by atoms with van der Waals surface area (Å²) in [6, 6.07) is 19.8. The second-order valence-corrected chi connectivity index (χ2v) is 6.06. The number of aliphatic imine (C=N–C) groups is 1. The van der Waals surface area contributed by atoms with E-state index < -0.39 is 0 Å². The van der Waals surface area contributed by atoms with E-state index in [1.165, 1.54) is 5.56 Å². The van der Waals surface area contributed by atoms with E-state index in [-0.39, 0.29) is 0 Å². The highest BCUT2D eigenvalue weighted by atomic mass is 16.5. The molecule has 6 heteroatoms. The molecule has 6 nitrogen and oxygen atoms in total. The van der Waals surface area contributed by atoms with Crippen molar-refractivity contribution < 1.29 is 9.26 Å². The molecule has 0 fully saturated rings. The van der Waals surface area contributed by atoms with Gasteiger partial charge in [0.25, 0.3) is 0 Å². The van der Waals surface area contributed by atoms with E-state index >= 15 is 0 Å². The van der Waals surface area contributed by atoms with Crippen molar-refractivity contribution in [3.8, 4) is 17.1 Å². The predicted octanol–water partition coefficient (Wildman–Crippen LogP) is 3.39. The van der Waals surface area contributed by atoms with Crippen LogP contribution in [0.5, 0.6) is 5.75 Å². The summed E-state index contributed by atoms with van der Waals surface area (Å²) in [6.07, 6.45) is 0. The van der Waals surface area contributed by atoms with Crippen molar-refractivity contribution in [3.05, 3.63) is 71.9 Å². The van der Waals surface area contributed by atoms with Crippen molar-refractivity contribution in [2.24, 2.45) is 4.99 Å². The first kappa shape index (κ1) is 18.5. The zero-order valence-corrected chi connectivity index (χ0v) is 15.6. The number of ether oxygens (including phenoxy) is 1. The molecule has 3 rings (SSSR count). The standard InChI is InChI=1S/C21H24N4O2/c1-16-8-10-19(11-9-16)26-13-12-23-21(22-2)24-15-18-14-20(27-25-18)17-6-4-3-5-7-17/h3-11,14H,12-13,15H2,1-2H3,(H2,22,23,24). The lowest BCUT2D eigenvalue weighted by Gasteiger charge is -2.11. The minimum atomic E-state index is 0.523. The van der Waals surface area contributed by atoms with Gasteiger partial charge in [-0.3, -0.25) is 4.99 Å². The molecule has 2 aromatic carbocycles. The zero-order valence-electron chi connectivity index (χ0n) is 15.6. The maximum Gasteiger partial charge on any atom is 0.191 e. The van der Waals surface area contributed by atoms with E-state index in [0.717, 1.165) is 22.8 Å². The Morgan fingerprint density at radius 2 is 1.85 bits per heavy atom. The fraction of sp³-hybridized carbons (Fsp3) is 0.238. The lowest BCUT2D eigenvalue weighted by atomic mass is 10.2. The third kappa shape index (κ3) is 5.60. The van der Waals surface area contributed by atoms with Crippen molar-refractivity contribution in [2.45, 2.75) is 13.5 Å². The van der Waals surface area contributed by atoms with Gasteiger partial charge in [-0.2, -0.15) is 0 Å². The number of hydrogen-bond acceptors (Lipinski definition) is 4. The van der Waals surface area contributed by atoms with Crippen LogP contribution in [-0.2, 0) is 6.54 Å². The molecular weight excluding hydrogens is 340 g/mol. The molecule has 0 saturated heterocycles. The molecule has 0 radical (unpaired) electrons. The molecule has 0 spiro atoms. The van der Waals surface area contributed by atoms with Gasteiger partial charge in [-0.25, -0.2) is 0 Å². The van der Waals surface area contributed by atoms with Crippen LogP contribution < -0.4 is 15.4 Å². The summed E-state index contributed by atoms with van der Waals surface area (Å²) in [4.78, 5) is 4.20. The third-order valence-electron chi connectivity index (χ3n) is 3.96. The number of rotatable bonds is 7. The minimum Gasteiger partial charge on any atom is -0.492 e. The van der Waals surface area contributed by atoms with Crippen LogP contribution in [0.1, 0.15) is 11.3 Å². The van der Waals surface area contributed by atoms with Crippen LogP contribution in [0, 0.1) is 6.92 Å². The van der Waals surface area contributed by atoms with Crippen LogP contribution in [0.4, 0.5) is 0 Å². The fourth-order valence-electron chi connectivity index (χ4n) is 2.50. The van der Waals surface area contributed by atoms with E-state index in [2.05, 4.69) is 27.7 Å². The summed E-state index contributed by atoms with van der Waals surface area (Å²) in [6.45, 7) is 3.76. The molecule has 140 valence electrons. The Hall–Kier alpha value is -3.28. The van der Waals surface area contributed by atoms with Gasteiger partial charge < -0.3 is 19.9 Å². The number of nitrogens with one attached hydrogen (secondary N) is 2. The summed E-state index contributed by atoms with van der Waals surface area (Å²) < 4.78 is 11.1. The molecule has 0 saturated carbocycles. The Balaban J connectivity index is 1.41. The second kappa shape index (κ2) is 9.43.